The Kier molecular flexibility index (Phi) is 7.97. The van der Waals surface area contributed by atoms with Crippen LogP contribution in [0.4, 0.5) is 4.79 Å². The molecule has 3 amide bonds. The second-order valence-corrected chi connectivity index (χ2v) is 4.95. The number of hydrogen-bond acceptors (Lipinski definition) is 4. The molecule has 0 aromatic rings. The quantitative estimate of drug-likeness (QED) is 0.701. The number of hydrogen-bond donors (Lipinski definition) is 3. The van der Waals surface area contributed by atoms with Crippen LogP contribution in [0.2, 0.25) is 0 Å². The van der Waals surface area contributed by atoms with Crippen LogP contribution in [0.15, 0.2) is 0 Å². The monoisotopic (exact) mass is 292 g/mol. The standard InChI is InChI=1S/C12H24N4O2.ClH/c1-5-13-12(18)15-11(17)10(4)16-6-8(2)14-9(3)7-16;/h8-10,14H,5-7H2,1-4H3,(H2,13,15,17,18);1H. The summed E-state index contributed by atoms with van der Waals surface area (Å²) >= 11 is 0. The Labute approximate surface area is 121 Å². The summed E-state index contributed by atoms with van der Waals surface area (Å²) in [4.78, 5) is 25.3. The van der Waals surface area contributed by atoms with Crippen molar-refractivity contribution in [3.8, 4) is 0 Å². The number of amides is 3. The Morgan fingerprint density at radius 3 is 2.32 bits per heavy atom. The third-order valence-corrected chi connectivity index (χ3v) is 3.09. The van der Waals surface area contributed by atoms with Crippen molar-refractivity contribution >= 4 is 24.3 Å². The van der Waals surface area contributed by atoms with Crippen molar-refractivity contribution in [1.82, 2.24) is 20.9 Å². The fourth-order valence-corrected chi connectivity index (χ4v) is 2.27. The van der Waals surface area contributed by atoms with E-state index in [-0.39, 0.29) is 24.4 Å². The summed E-state index contributed by atoms with van der Waals surface area (Å²) in [5.41, 5.74) is 0. The summed E-state index contributed by atoms with van der Waals surface area (Å²) in [5.74, 6) is -0.248. The van der Waals surface area contributed by atoms with Gasteiger partial charge in [-0.15, -0.1) is 12.4 Å². The van der Waals surface area contributed by atoms with Crippen LogP contribution in [0.3, 0.4) is 0 Å². The Balaban J connectivity index is 0.00000324. The number of nitrogens with zero attached hydrogens (tertiary/aromatic N) is 1. The van der Waals surface area contributed by atoms with Gasteiger partial charge < -0.3 is 10.6 Å². The number of rotatable bonds is 3. The fourth-order valence-electron chi connectivity index (χ4n) is 2.27. The molecule has 0 aromatic heterocycles. The van der Waals surface area contributed by atoms with Gasteiger partial charge in [-0.2, -0.15) is 0 Å². The van der Waals surface area contributed by atoms with Crippen LogP contribution < -0.4 is 16.0 Å². The highest BCUT2D eigenvalue weighted by atomic mass is 35.5. The number of carbonyl (C=O) groups excluding carboxylic acids is 2. The van der Waals surface area contributed by atoms with E-state index in [4.69, 9.17) is 0 Å². The van der Waals surface area contributed by atoms with E-state index in [9.17, 15) is 9.59 Å². The van der Waals surface area contributed by atoms with E-state index in [1.165, 1.54) is 0 Å². The first-order valence-corrected chi connectivity index (χ1v) is 6.52. The number of imide groups is 1. The molecular weight excluding hydrogens is 268 g/mol. The van der Waals surface area contributed by atoms with Crippen molar-refractivity contribution in [3.63, 3.8) is 0 Å². The average Bonchev–Trinajstić information content (AvgIpc) is 2.26. The molecule has 0 bridgehead atoms. The molecule has 112 valence electrons. The molecule has 0 spiro atoms. The van der Waals surface area contributed by atoms with E-state index < -0.39 is 6.03 Å². The van der Waals surface area contributed by atoms with Gasteiger partial charge in [0.1, 0.15) is 0 Å². The second-order valence-electron chi connectivity index (χ2n) is 4.95. The number of halogens is 1. The first-order valence-electron chi connectivity index (χ1n) is 6.52. The molecule has 6 nitrogen and oxygen atoms in total. The molecule has 0 saturated carbocycles. The molecule has 0 aliphatic carbocycles. The minimum atomic E-state index is -0.425. The van der Waals surface area contributed by atoms with E-state index >= 15 is 0 Å². The van der Waals surface area contributed by atoms with Crippen molar-refractivity contribution in [2.45, 2.75) is 45.8 Å². The van der Waals surface area contributed by atoms with Crippen molar-refractivity contribution < 1.29 is 9.59 Å². The van der Waals surface area contributed by atoms with Crippen LogP contribution in [-0.4, -0.2) is 54.6 Å². The van der Waals surface area contributed by atoms with Crippen molar-refractivity contribution in [2.75, 3.05) is 19.6 Å². The molecule has 1 aliphatic heterocycles. The van der Waals surface area contributed by atoms with Gasteiger partial charge in [-0.25, -0.2) is 4.79 Å². The molecule has 0 aromatic carbocycles. The topological polar surface area (TPSA) is 73.5 Å². The van der Waals surface area contributed by atoms with Gasteiger partial charge in [0.05, 0.1) is 6.04 Å². The molecule has 0 radical (unpaired) electrons. The molecule has 19 heavy (non-hydrogen) atoms. The molecule has 1 rings (SSSR count). The lowest BCUT2D eigenvalue weighted by Crippen LogP contribution is -2.60. The third kappa shape index (κ3) is 5.76. The van der Waals surface area contributed by atoms with E-state index in [0.29, 0.717) is 18.6 Å². The van der Waals surface area contributed by atoms with Gasteiger partial charge in [-0.1, -0.05) is 0 Å². The van der Waals surface area contributed by atoms with Crippen molar-refractivity contribution in [1.29, 1.82) is 0 Å². The van der Waals surface area contributed by atoms with Gasteiger partial charge in [0.2, 0.25) is 5.91 Å². The SMILES string of the molecule is CCNC(=O)NC(=O)C(C)N1CC(C)NC(C)C1.Cl. The Hall–Kier alpha value is -0.850. The van der Waals surface area contributed by atoms with Gasteiger partial charge in [-0.3, -0.25) is 15.0 Å². The number of urea groups is 1. The van der Waals surface area contributed by atoms with Crippen LogP contribution in [-0.2, 0) is 4.79 Å². The Morgan fingerprint density at radius 2 is 1.84 bits per heavy atom. The lowest BCUT2D eigenvalue weighted by molar-refractivity contribution is -0.125. The smallest absolute Gasteiger partial charge is 0.321 e. The first kappa shape index (κ1) is 18.1. The first-order chi connectivity index (χ1) is 8.43. The Bertz CT molecular complexity index is 304. The van der Waals surface area contributed by atoms with Crippen LogP contribution in [0.5, 0.6) is 0 Å². The molecule has 1 aliphatic rings. The summed E-state index contributed by atoms with van der Waals surface area (Å²) in [5, 5.41) is 8.32. The fraction of sp³-hybridized carbons (Fsp3) is 0.833. The molecule has 3 atom stereocenters. The van der Waals surface area contributed by atoms with Crippen LogP contribution in [0.25, 0.3) is 0 Å². The largest absolute Gasteiger partial charge is 0.338 e. The predicted molar refractivity (Wildman–Crippen MR) is 77.6 cm³/mol. The van der Waals surface area contributed by atoms with E-state index in [2.05, 4.69) is 34.7 Å². The number of nitrogens with one attached hydrogen (secondary N) is 3. The summed E-state index contributed by atoms with van der Waals surface area (Å²) in [6.07, 6.45) is 0. The minimum Gasteiger partial charge on any atom is -0.338 e. The van der Waals surface area contributed by atoms with Gasteiger partial charge >= 0.3 is 6.03 Å². The van der Waals surface area contributed by atoms with E-state index in [0.717, 1.165) is 13.1 Å². The molecule has 3 N–H and O–H groups in total. The van der Waals surface area contributed by atoms with E-state index in [1.807, 2.05) is 13.8 Å². The van der Waals surface area contributed by atoms with Crippen LogP contribution >= 0.6 is 12.4 Å². The summed E-state index contributed by atoms with van der Waals surface area (Å²) < 4.78 is 0. The zero-order valence-corrected chi connectivity index (χ0v) is 12.8. The molecule has 3 unspecified atom stereocenters. The number of carbonyl (C=O) groups is 2. The summed E-state index contributed by atoms with van der Waals surface area (Å²) in [7, 11) is 0. The van der Waals surface area contributed by atoms with Crippen LogP contribution in [0.1, 0.15) is 27.7 Å². The Morgan fingerprint density at radius 1 is 1.32 bits per heavy atom. The highest BCUT2D eigenvalue weighted by Gasteiger charge is 2.28. The number of piperazine rings is 1. The molecule has 1 heterocycles. The minimum absolute atomic E-state index is 0. The summed E-state index contributed by atoms with van der Waals surface area (Å²) in [6.45, 7) is 9.97. The van der Waals surface area contributed by atoms with Crippen molar-refractivity contribution in [3.05, 3.63) is 0 Å². The lowest BCUT2D eigenvalue weighted by Gasteiger charge is -2.38. The molecule has 1 saturated heterocycles. The lowest BCUT2D eigenvalue weighted by atomic mass is 10.1. The van der Waals surface area contributed by atoms with Gasteiger partial charge in [0.15, 0.2) is 0 Å². The predicted octanol–water partition coefficient (Wildman–Crippen LogP) is 0.325. The average molecular weight is 293 g/mol. The molecule has 1 fully saturated rings. The van der Waals surface area contributed by atoms with Gasteiger partial charge in [0.25, 0.3) is 0 Å². The molecular formula is C12H25ClN4O2. The molecule has 7 heteroatoms. The van der Waals surface area contributed by atoms with Crippen molar-refractivity contribution in [2.24, 2.45) is 0 Å². The second kappa shape index (κ2) is 8.35. The maximum atomic E-state index is 11.9. The zero-order chi connectivity index (χ0) is 13.7. The maximum absolute atomic E-state index is 11.9. The van der Waals surface area contributed by atoms with Gasteiger partial charge in [-0.05, 0) is 27.7 Å². The highest BCUT2D eigenvalue weighted by Crippen LogP contribution is 2.08. The highest BCUT2D eigenvalue weighted by molar-refractivity contribution is 5.96. The van der Waals surface area contributed by atoms with E-state index in [1.54, 1.807) is 0 Å². The van der Waals surface area contributed by atoms with Gasteiger partial charge in [0, 0.05) is 31.7 Å². The summed E-state index contributed by atoms with van der Waals surface area (Å²) in [6, 6.07) is -0.00729. The third-order valence-electron chi connectivity index (χ3n) is 3.09. The normalized spacial score (nSPS) is 25.1. The van der Waals surface area contributed by atoms with Crippen LogP contribution in [0, 0.1) is 0 Å². The maximum Gasteiger partial charge on any atom is 0.321 e. The zero-order valence-electron chi connectivity index (χ0n) is 12.0.